The standard InChI is InChI=1S/C9H8N2O/c1-6(12)8-4-7-2-3-10-9(7)11-5-8/h2-5,8H,1H3/t8-/m1/s1. The van der Waals surface area contributed by atoms with E-state index in [1.54, 1.807) is 19.3 Å². The summed E-state index contributed by atoms with van der Waals surface area (Å²) in [6, 6.07) is 0. The number of fused-ring (bicyclic) bond motifs is 1. The van der Waals surface area contributed by atoms with Crippen molar-refractivity contribution in [1.29, 1.82) is 0 Å². The number of aliphatic imine (C=N–C) groups is 2. The molecule has 0 amide bonds. The molecular weight excluding hydrogens is 152 g/mol. The van der Waals surface area contributed by atoms with Gasteiger partial charge in [-0.2, -0.15) is 0 Å². The average Bonchev–Trinajstić information content (AvgIpc) is 2.49. The fourth-order valence-electron chi connectivity index (χ4n) is 1.18. The highest BCUT2D eigenvalue weighted by atomic mass is 16.1. The van der Waals surface area contributed by atoms with E-state index in [0.29, 0.717) is 5.84 Å². The van der Waals surface area contributed by atoms with Crippen LogP contribution in [0.15, 0.2) is 33.9 Å². The Labute approximate surface area is 70.2 Å². The summed E-state index contributed by atoms with van der Waals surface area (Å²) in [6.07, 6.45) is 7.08. The van der Waals surface area contributed by atoms with Gasteiger partial charge in [0.2, 0.25) is 0 Å². The van der Waals surface area contributed by atoms with Crippen molar-refractivity contribution in [2.75, 3.05) is 0 Å². The molecule has 3 nitrogen and oxygen atoms in total. The Kier molecular flexibility index (Phi) is 1.50. The maximum Gasteiger partial charge on any atom is 0.158 e. The lowest BCUT2D eigenvalue weighted by molar-refractivity contribution is -0.117. The number of carbonyl (C=O) groups excluding carboxylic acids is 1. The molecule has 2 heterocycles. The number of hydrogen-bond donors (Lipinski definition) is 0. The van der Waals surface area contributed by atoms with Crippen molar-refractivity contribution < 1.29 is 4.79 Å². The van der Waals surface area contributed by atoms with Crippen LogP contribution in [-0.4, -0.2) is 17.8 Å². The van der Waals surface area contributed by atoms with E-state index in [0.717, 1.165) is 5.57 Å². The number of ketones is 1. The number of rotatable bonds is 1. The molecule has 0 aromatic carbocycles. The van der Waals surface area contributed by atoms with E-state index in [1.165, 1.54) is 0 Å². The zero-order valence-electron chi connectivity index (χ0n) is 6.69. The van der Waals surface area contributed by atoms with E-state index in [1.807, 2.05) is 12.2 Å². The largest absolute Gasteiger partial charge is 0.299 e. The van der Waals surface area contributed by atoms with Crippen LogP contribution in [0, 0.1) is 5.92 Å². The predicted molar refractivity (Wildman–Crippen MR) is 47.3 cm³/mol. The lowest BCUT2D eigenvalue weighted by Gasteiger charge is -2.08. The number of allylic oxidation sites excluding steroid dienone is 1. The Bertz CT molecular complexity index is 348. The molecule has 0 saturated carbocycles. The summed E-state index contributed by atoms with van der Waals surface area (Å²) in [6.45, 7) is 1.56. The molecule has 12 heavy (non-hydrogen) atoms. The van der Waals surface area contributed by atoms with Crippen LogP contribution in [0.2, 0.25) is 0 Å². The highest BCUT2D eigenvalue weighted by molar-refractivity contribution is 6.12. The van der Waals surface area contributed by atoms with E-state index < -0.39 is 0 Å². The van der Waals surface area contributed by atoms with Gasteiger partial charge in [-0.15, -0.1) is 0 Å². The Morgan fingerprint density at radius 3 is 3.17 bits per heavy atom. The zero-order valence-corrected chi connectivity index (χ0v) is 6.69. The second-order valence-electron chi connectivity index (χ2n) is 2.81. The van der Waals surface area contributed by atoms with Gasteiger partial charge in [-0.25, -0.2) is 9.98 Å². The molecule has 0 spiro atoms. The van der Waals surface area contributed by atoms with Crippen molar-refractivity contribution in [3.05, 3.63) is 23.9 Å². The number of Topliss-reactive ketones (excluding diaryl/α,β-unsaturated/α-hetero) is 1. The first kappa shape index (κ1) is 7.16. The molecule has 0 aromatic heterocycles. The number of amidine groups is 1. The SMILES string of the molecule is CC(=O)[C@H]1C=NC2=NC=CC2=C1. The first-order chi connectivity index (χ1) is 5.77. The van der Waals surface area contributed by atoms with Crippen LogP contribution in [0.3, 0.4) is 0 Å². The molecule has 0 bridgehead atoms. The van der Waals surface area contributed by atoms with Gasteiger partial charge in [-0.05, 0) is 13.0 Å². The Balaban J connectivity index is 2.33. The third-order valence-corrected chi connectivity index (χ3v) is 1.90. The van der Waals surface area contributed by atoms with Gasteiger partial charge in [0.15, 0.2) is 5.84 Å². The molecule has 0 aromatic rings. The fourth-order valence-corrected chi connectivity index (χ4v) is 1.18. The minimum absolute atomic E-state index is 0.116. The third kappa shape index (κ3) is 1.03. The summed E-state index contributed by atoms with van der Waals surface area (Å²) >= 11 is 0. The smallest absolute Gasteiger partial charge is 0.158 e. The van der Waals surface area contributed by atoms with E-state index in [9.17, 15) is 4.79 Å². The van der Waals surface area contributed by atoms with Gasteiger partial charge < -0.3 is 0 Å². The Hall–Kier alpha value is -1.51. The molecular formula is C9H8N2O. The monoisotopic (exact) mass is 160 g/mol. The van der Waals surface area contributed by atoms with Crippen molar-refractivity contribution in [3.8, 4) is 0 Å². The van der Waals surface area contributed by atoms with Gasteiger partial charge in [0.25, 0.3) is 0 Å². The summed E-state index contributed by atoms with van der Waals surface area (Å²) in [5.41, 5.74) is 0.956. The van der Waals surface area contributed by atoms with E-state index >= 15 is 0 Å². The van der Waals surface area contributed by atoms with Crippen LogP contribution >= 0.6 is 0 Å². The zero-order chi connectivity index (χ0) is 8.55. The highest BCUT2D eigenvalue weighted by Gasteiger charge is 2.17. The Morgan fingerprint density at radius 2 is 2.42 bits per heavy atom. The van der Waals surface area contributed by atoms with Crippen LogP contribution in [0.5, 0.6) is 0 Å². The van der Waals surface area contributed by atoms with Crippen molar-refractivity contribution in [2.24, 2.45) is 15.9 Å². The maximum atomic E-state index is 11.0. The third-order valence-electron chi connectivity index (χ3n) is 1.90. The second kappa shape index (κ2) is 2.52. The highest BCUT2D eigenvalue weighted by Crippen LogP contribution is 2.17. The number of nitrogens with zero attached hydrogens (tertiary/aromatic N) is 2. The van der Waals surface area contributed by atoms with Gasteiger partial charge in [-0.1, -0.05) is 6.08 Å². The van der Waals surface area contributed by atoms with Crippen molar-refractivity contribution in [2.45, 2.75) is 6.92 Å². The van der Waals surface area contributed by atoms with E-state index in [2.05, 4.69) is 9.98 Å². The molecule has 0 N–H and O–H groups in total. The summed E-state index contributed by atoms with van der Waals surface area (Å²) < 4.78 is 0. The number of dihydropyridines is 1. The molecule has 2 aliphatic heterocycles. The van der Waals surface area contributed by atoms with Crippen molar-refractivity contribution >= 4 is 17.8 Å². The minimum Gasteiger partial charge on any atom is -0.299 e. The lowest BCUT2D eigenvalue weighted by atomic mass is 10.0. The summed E-state index contributed by atoms with van der Waals surface area (Å²) in [5, 5.41) is 0. The molecule has 0 saturated heterocycles. The molecule has 1 atom stereocenters. The summed E-state index contributed by atoms with van der Waals surface area (Å²) in [4.78, 5) is 19.1. The normalized spacial score (nSPS) is 24.9. The summed E-state index contributed by atoms with van der Waals surface area (Å²) in [5.74, 6) is 0.666. The molecule has 3 heteroatoms. The summed E-state index contributed by atoms with van der Waals surface area (Å²) in [7, 11) is 0. The van der Waals surface area contributed by atoms with Gasteiger partial charge in [-0.3, -0.25) is 4.79 Å². The lowest BCUT2D eigenvalue weighted by Crippen LogP contribution is -2.16. The van der Waals surface area contributed by atoms with Gasteiger partial charge in [0.1, 0.15) is 5.78 Å². The van der Waals surface area contributed by atoms with Crippen molar-refractivity contribution in [3.63, 3.8) is 0 Å². The van der Waals surface area contributed by atoms with Gasteiger partial charge >= 0.3 is 0 Å². The molecule has 2 rings (SSSR count). The Morgan fingerprint density at radius 1 is 1.58 bits per heavy atom. The molecule has 60 valence electrons. The predicted octanol–water partition coefficient (Wildman–Crippen LogP) is 1.13. The van der Waals surface area contributed by atoms with Crippen LogP contribution in [0.4, 0.5) is 0 Å². The molecule has 0 unspecified atom stereocenters. The molecule has 0 radical (unpaired) electrons. The first-order valence-corrected chi connectivity index (χ1v) is 3.78. The second-order valence-corrected chi connectivity index (χ2v) is 2.81. The topological polar surface area (TPSA) is 41.8 Å². The van der Waals surface area contributed by atoms with Crippen LogP contribution in [0.25, 0.3) is 0 Å². The quantitative estimate of drug-likeness (QED) is 0.566. The van der Waals surface area contributed by atoms with Crippen molar-refractivity contribution in [1.82, 2.24) is 0 Å². The fraction of sp³-hybridized carbons (Fsp3) is 0.222. The maximum absolute atomic E-state index is 11.0. The van der Waals surface area contributed by atoms with Gasteiger partial charge in [0.05, 0.1) is 5.92 Å². The number of hydrogen-bond acceptors (Lipinski definition) is 3. The molecule has 0 fully saturated rings. The first-order valence-electron chi connectivity index (χ1n) is 3.78. The molecule has 0 aliphatic carbocycles. The van der Waals surface area contributed by atoms with E-state index in [-0.39, 0.29) is 11.7 Å². The van der Waals surface area contributed by atoms with Crippen LogP contribution in [-0.2, 0) is 4.79 Å². The average molecular weight is 160 g/mol. The minimum atomic E-state index is -0.165. The van der Waals surface area contributed by atoms with Crippen LogP contribution < -0.4 is 0 Å². The van der Waals surface area contributed by atoms with Crippen LogP contribution in [0.1, 0.15) is 6.92 Å². The number of carbonyl (C=O) groups is 1. The molecule has 2 aliphatic rings. The van der Waals surface area contributed by atoms with E-state index in [4.69, 9.17) is 0 Å². The van der Waals surface area contributed by atoms with Gasteiger partial charge in [0, 0.05) is 18.0 Å².